The highest BCUT2D eigenvalue weighted by molar-refractivity contribution is 5.78. The molecule has 0 radical (unpaired) electrons. The van der Waals surface area contributed by atoms with Gasteiger partial charge < -0.3 is 15.3 Å². The van der Waals surface area contributed by atoms with Crippen molar-refractivity contribution >= 4 is 5.91 Å². The molecule has 1 unspecified atom stereocenters. The molecule has 0 spiro atoms. The highest BCUT2D eigenvalue weighted by Crippen LogP contribution is 2.24. The Bertz CT molecular complexity index is 511. The molecule has 1 aromatic rings. The van der Waals surface area contributed by atoms with Gasteiger partial charge in [-0.25, -0.2) is 8.78 Å². The maximum Gasteiger partial charge on any atom is 0.223 e. The Morgan fingerprint density at radius 1 is 1.35 bits per heavy atom. The minimum absolute atomic E-state index is 0.0138. The van der Waals surface area contributed by atoms with E-state index in [2.05, 4.69) is 5.32 Å². The van der Waals surface area contributed by atoms with Gasteiger partial charge in [0.2, 0.25) is 5.91 Å². The third-order valence-electron chi connectivity index (χ3n) is 4.27. The van der Waals surface area contributed by atoms with E-state index < -0.39 is 17.7 Å². The molecule has 4 nitrogen and oxygen atoms in total. The summed E-state index contributed by atoms with van der Waals surface area (Å²) in [5.41, 5.74) is -0.282. The van der Waals surface area contributed by atoms with Crippen molar-refractivity contribution < 1.29 is 18.7 Å². The SMILES string of the molecule is CCCNC(=O)C1CCN(CC(O)c2c(F)cccc2F)CC1. The van der Waals surface area contributed by atoms with E-state index in [1.54, 1.807) is 0 Å². The molecule has 1 aliphatic rings. The summed E-state index contributed by atoms with van der Waals surface area (Å²) >= 11 is 0. The van der Waals surface area contributed by atoms with Crippen LogP contribution in [-0.2, 0) is 4.79 Å². The van der Waals surface area contributed by atoms with Crippen LogP contribution in [0.25, 0.3) is 0 Å². The van der Waals surface area contributed by atoms with Gasteiger partial charge in [0.25, 0.3) is 0 Å². The molecule has 1 heterocycles. The number of β-amino-alcohol motifs (C(OH)–C–C–N with tert-alkyl or cyclic N) is 1. The average Bonchev–Trinajstić information content (AvgIpc) is 2.53. The van der Waals surface area contributed by atoms with Crippen LogP contribution < -0.4 is 5.32 Å². The first-order valence-corrected chi connectivity index (χ1v) is 8.15. The van der Waals surface area contributed by atoms with Gasteiger partial charge in [-0.15, -0.1) is 0 Å². The molecule has 23 heavy (non-hydrogen) atoms. The number of nitrogens with zero attached hydrogens (tertiary/aromatic N) is 1. The fraction of sp³-hybridized carbons (Fsp3) is 0.588. The molecule has 1 aliphatic heterocycles. The molecule has 2 N–H and O–H groups in total. The van der Waals surface area contributed by atoms with Crippen LogP contribution in [0.2, 0.25) is 0 Å². The summed E-state index contributed by atoms with van der Waals surface area (Å²) in [5, 5.41) is 13.0. The first kappa shape index (κ1) is 17.8. The minimum Gasteiger partial charge on any atom is -0.387 e. The average molecular weight is 326 g/mol. The van der Waals surface area contributed by atoms with E-state index in [9.17, 15) is 18.7 Å². The minimum atomic E-state index is -1.21. The van der Waals surface area contributed by atoms with Crippen molar-refractivity contribution in [3.63, 3.8) is 0 Å². The van der Waals surface area contributed by atoms with Gasteiger partial charge >= 0.3 is 0 Å². The van der Waals surface area contributed by atoms with Crippen LogP contribution in [0.1, 0.15) is 37.9 Å². The smallest absolute Gasteiger partial charge is 0.223 e. The lowest BCUT2D eigenvalue weighted by atomic mass is 9.95. The second-order valence-corrected chi connectivity index (χ2v) is 6.02. The second kappa shape index (κ2) is 8.36. The van der Waals surface area contributed by atoms with Crippen molar-refractivity contribution in [2.45, 2.75) is 32.3 Å². The Hall–Kier alpha value is -1.53. The monoisotopic (exact) mass is 326 g/mol. The highest BCUT2D eigenvalue weighted by Gasteiger charge is 2.27. The van der Waals surface area contributed by atoms with Crippen LogP contribution in [0.4, 0.5) is 8.78 Å². The van der Waals surface area contributed by atoms with E-state index in [0.717, 1.165) is 18.6 Å². The molecule has 0 aliphatic carbocycles. The quantitative estimate of drug-likeness (QED) is 0.843. The van der Waals surface area contributed by atoms with Gasteiger partial charge in [-0.3, -0.25) is 4.79 Å². The van der Waals surface area contributed by atoms with Crippen molar-refractivity contribution in [2.75, 3.05) is 26.2 Å². The number of benzene rings is 1. The van der Waals surface area contributed by atoms with E-state index in [4.69, 9.17) is 0 Å². The van der Waals surface area contributed by atoms with E-state index in [-0.39, 0.29) is 23.9 Å². The lowest BCUT2D eigenvalue weighted by Crippen LogP contribution is -2.42. The Balaban J connectivity index is 1.85. The van der Waals surface area contributed by atoms with Gasteiger partial charge in [0.15, 0.2) is 0 Å². The second-order valence-electron chi connectivity index (χ2n) is 6.02. The maximum atomic E-state index is 13.7. The topological polar surface area (TPSA) is 52.6 Å². The summed E-state index contributed by atoms with van der Waals surface area (Å²) < 4.78 is 27.3. The number of rotatable bonds is 6. The normalized spacial score (nSPS) is 17.9. The molecular weight excluding hydrogens is 302 g/mol. The molecule has 6 heteroatoms. The number of likely N-dealkylation sites (tertiary alicyclic amines) is 1. The summed E-state index contributed by atoms with van der Waals surface area (Å²) in [6, 6.07) is 3.57. The molecule has 0 bridgehead atoms. The van der Waals surface area contributed by atoms with Crippen molar-refractivity contribution in [1.82, 2.24) is 10.2 Å². The molecule has 1 saturated heterocycles. The number of hydrogen-bond acceptors (Lipinski definition) is 3. The number of carbonyl (C=O) groups is 1. The lowest BCUT2D eigenvalue weighted by Gasteiger charge is -2.32. The molecule has 1 amide bonds. The van der Waals surface area contributed by atoms with Gasteiger partial charge in [0, 0.05) is 19.0 Å². The van der Waals surface area contributed by atoms with Crippen molar-refractivity contribution in [1.29, 1.82) is 0 Å². The van der Waals surface area contributed by atoms with E-state index >= 15 is 0 Å². The largest absolute Gasteiger partial charge is 0.387 e. The maximum absolute atomic E-state index is 13.7. The molecule has 1 aromatic carbocycles. The Kier molecular flexibility index (Phi) is 6.47. The lowest BCUT2D eigenvalue weighted by molar-refractivity contribution is -0.126. The van der Waals surface area contributed by atoms with Gasteiger partial charge in [-0.1, -0.05) is 13.0 Å². The van der Waals surface area contributed by atoms with Crippen LogP contribution in [-0.4, -0.2) is 42.1 Å². The molecule has 128 valence electrons. The van der Waals surface area contributed by atoms with Crippen LogP contribution in [0.15, 0.2) is 18.2 Å². The number of aliphatic hydroxyl groups is 1. The van der Waals surface area contributed by atoms with E-state index in [1.165, 1.54) is 6.07 Å². The first-order chi connectivity index (χ1) is 11.0. The number of amides is 1. The Morgan fingerprint density at radius 3 is 2.52 bits per heavy atom. The Morgan fingerprint density at radius 2 is 1.96 bits per heavy atom. The van der Waals surface area contributed by atoms with Crippen LogP contribution in [0.5, 0.6) is 0 Å². The summed E-state index contributed by atoms with van der Waals surface area (Å²) in [7, 11) is 0. The van der Waals surface area contributed by atoms with Crippen molar-refractivity contribution in [2.24, 2.45) is 5.92 Å². The van der Waals surface area contributed by atoms with Crippen LogP contribution in [0.3, 0.4) is 0 Å². The van der Waals surface area contributed by atoms with Crippen molar-refractivity contribution in [3.05, 3.63) is 35.4 Å². The fourth-order valence-corrected chi connectivity index (χ4v) is 2.94. The van der Waals surface area contributed by atoms with E-state index in [0.29, 0.717) is 32.5 Å². The predicted molar refractivity (Wildman–Crippen MR) is 83.8 cm³/mol. The van der Waals surface area contributed by atoms with E-state index in [1.807, 2.05) is 11.8 Å². The van der Waals surface area contributed by atoms with Crippen LogP contribution in [0, 0.1) is 17.6 Å². The number of aliphatic hydroxyl groups excluding tert-OH is 1. The summed E-state index contributed by atoms with van der Waals surface area (Å²) in [5.74, 6) is -1.40. The van der Waals surface area contributed by atoms with Gasteiger partial charge in [0.05, 0.1) is 11.7 Å². The molecule has 1 fully saturated rings. The molecule has 1 atom stereocenters. The van der Waals surface area contributed by atoms with Crippen molar-refractivity contribution in [3.8, 4) is 0 Å². The third-order valence-corrected chi connectivity index (χ3v) is 4.27. The number of carbonyl (C=O) groups excluding carboxylic acids is 1. The molecule has 0 aromatic heterocycles. The zero-order valence-electron chi connectivity index (χ0n) is 13.4. The summed E-state index contributed by atoms with van der Waals surface area (Å²) in [6.45, 7) is 4.13. The van der Waals surface area contributed by atoms with Gasteiger partial charge in [-0.2, -0.15) is 0 Å². The van der Waals surface area contributed by atoms with Crippen LogP contribution >= 0.6 is 0 Å². The third kappa shape index (κ3) is 4.72. The van der Waals surface area contributed by atoms with Gasteiger partial charge in [0.1, 0.15) is 11.6 Å². The Labute approximate surface area is 135 Å². The fourth-order valence-electron chi connectivity index (χ4n) is 2.94. The zero-order chi connectivity index (χ0) is 16.8. The number of hydrogen-bond donors (Lipinski definition) is 2. The standard InChI is InChI=1S/C17H24F2N2O2/c1-2-8-20-17(23)12-6-9-21(10-7-12)11-15(22)16-13(18)4-3-5-14(16)19/h3-5,12,15,22H,2,6-11H2,1H3,(H,20,23). The van der Waals surface area contributed by atoms with Gasteiger partial charge in [-0.05, 0) is 44.5 Å². The number of nitrogens with one attached hydrogen (secondary N) is 1. The summed E-state index contributed by atoms with van der Waals surface area (Å²) in [6.07, 6.45) is 1.09. The highest BCUT2D eigenvalue weighted by atomic mass is 19.1. The number of halogens is 2. The molecular formula is C17H24F2N2O2. The number of piperidine rings is 1. The molecule has 0 saturated carbocycles. The first-order valence-electron chi connectivity index (χ1n) is 8.15. The zero-order valence-corrected chi connectivity index (χ0v) is 13.4. The predicted octanol–water partition coefficient (Wildman–Crippen LogP) is 2.24. The summed E-state index contributed by atoms with van der Waals surface area (Å²) in [4.78, 5) is 13.9. The molecule has 2 rings (SSSR count).